The van der Waals surface area contributed by atoms with Crippen LogP contribution in [0, 0.1) is 0 Å². The van der Waals surface area contributed by atoms with Gasteiger partial charge in [0.15, 0.2) is 0 Å². The van der Waals surface area contributed by atoms with Crippen LogP contribution in [0.1, 0.15) is 13.8 Å². The molecule has 0 aromatic heterocycles. The SMILES string of the molecule is CC(=O)OC1OC(C)C(O)C(O)C1O. The van der Waals surface area contributed by atoms with Crippen molar-refractivity contribution in [1.29, 1.82) is 0 Å². The highest BCUT2D eigenvalue weighted by Gasteiger charge is 2.43. The molecule has 1 aliphatic rings. The van der Waals surface area contributed by atoms with Crippen molar-refractivity contribution in [3.63, 3.8) is 0 Å². The number of carbonyl (C=O) groups excluding carboxylic acids is 1. The lowest BCUT2D eigenvalue weighted by atomic mass is 10.0. The normalized spacial score (nSPS) is 43.4. The van der Waals surface area contributed by atoms with Crippen molar-refractivity contribution in [1.82, 2.24) is 0 Å². The first-order chi connectivity index (χ1) is 6.43. The highest BCUT2D eigenvalue weighted by molar-refractivity contribution is 5.66. The van der Waals surface area contributed by atoms with Gasteiger partial charge in [-0.25, -0.2) is 0 Å². The van der Waals surface area contributed by atoms with Crippen LogP contribution in [-0.4, -0.2) is 52.0 Å². The molecule has 14 heavy (non-hydrogen) atoms. The van der Waals surface area contributed by atoms with Gasteiger partial charge in [0, 0.05) is 6.92 Å². The quantitative estimate of drug-likeness (QED) is 0.446. The Labute approximate surface area is 81.1 Å². The summed E-state index contributed by atoms with van der Waals surface area (Å²) >= 11 is 0. The van der Waals surface area contributed by atoms with Crippen molar-refractivity contribution < 1.29 is 29.6 Å². The summed E-state index contributed by atoms with van der Waals surface area (Å²) in [5, 5.41) is 28.0. The smallest absolute Gasteiger partial charge is 0.305 e. The molecule has 0 radical (unpaired) electrons. The van der Waals surface area contributed by atoms with Gasteiger partial charge in [-0.15, -0.1) is 0 Å². The zero-order chi connectivity index (χ0) is 10.9. The maximum atomic E-state index is 10.6. The molecule has 1 saturated heterocycles. The number of hydrogen-bond donors (Lipinski definition) is 3. The summed E-state index contributed by atoms with van der Waals surface area (Å²) in [5.41, 5.74) is 0. The topological polar surface area (TPSA) is 96.2 Å². The van der Waals surface area contributed by atoms with E-state index in [-0.39, 0.29) is 0 Å². The fraction of sp³-hybridized carbons (Fsp3) is 0.875. The molecule has 6 nitrogen and oxygen atoms in total. The van der Waals surface area contributed by atoms with Crippen molar-refractivity contribution in [3.8, 4) is 0 Å². The van der Waals surface area contributed by atoms with Crippen LogP contribution in [0.2, 0.25) is 0 Å². The van der Waals surface area contributed by atoms with Gasteiger partial charge in [-0.2, -0.15) is 0 Å². The molecule has 1 fully saturated rings. The number of ether oxygens (including phenoxy) is 2. The molecule has 0 bridgehead atoms. The third-order valence-corrected chi connectivity index (χ3v) is 2.09. The monoisotopic (exact) mass is 206 g/mol. The highest BCUT2D eigenvalue weighted by Crippen LogP contribution is 2.21. The Bertz CT molecular complexity index is 218. The molecule has 5 unspecified atom stereocenters. The van der Waals surface area contributed by atoms with Gasteiger partial charge in [0.2, 0.25) is 6.29 Å². The van der Waals surface area contributed by atoms with Gasteiger partial charge in [0.05, 0.1) is 6.10 Å². The van der Waals surface area contributed by atoms with E-state index in [1.54, 1.807) is 0 Å². The Morgan fingerprint density at radius 1 is 1.21 bits per heavy atom. The second kappa shape index (κ2) is 4.22. The zero-order valence-corrected chi connectivity index (χ0v) is 7.95. The summed E-state index contributed by atoms with van der Waals surface area (Å²) in [4.78, 5) is 10.6. The van der Waals surface area contributed by atoms with Crippen LogP contribution < -0.4 is 0 Å². The first-order valence-corrected chi connectivity index (χ1v) is 4.30. The minimum absolute atomic E-state index is 0.621. The van der Waals surface area contributed by atoms with Crippen LogP contribution in [-0.2, 0) is 14.3 Å². The van der Waals surface area contributed by atoms with E-state index in [1.165, 1.54) is 6.92 Å². The molecule has 0 spiro atoms. The summed E-state index contributed by atoms with van der Waals surface area (Å²) in [6.45, 7) is 2.68. The second-order valence-electron chi connectivity index (χ2n) is 3.29. The van der Waals surface area contributed by atoms with Crippen LogP contribution in [0.5, 0.6) is 0 Å². The Balaban J connectivity index is 2.65. The third-order valence-electron chi connectivity index (χ3n) is 2.09. The standard InChI is InChI=1S/C8H14O6/c1-3-5(10)6(11)7(12)8(13-3)14-4(2)9/h3,5-8,10-12H,1-2H3. The molecule has 1 rings (SSSR count). The first-order valence-electron chi connectivity index (χ1n) is 4.30. The van der Waals surface area contributed by atoms with Crippen LogP contribution >= 0.6 is 0 Å². The molecule has 0 saturated carbocycles. The summed E-state index contributed by atoms with van der Waals surface area (Å²) in [6.07, 6.45) is -5.90. The molecule has 0 amide bonds. The minimum Gasteiger partial charge on any atom is -0.433 e. The molecule has 1 heterocycles. The summed E-state index contributed by atoms with van der Waals surface area (Å²) in [5.74, 6) is -0.621. The molecule has 0 aromatic rings. The molecular formula is C8H14O6. The summed E-state index contributed by atoms with van der Waals surface area (Å²) in [7, 11) is 0. The largest absolute Gasteiger partial charge is 0.433 e. The molecule has 3 N–H and O–H groups in total. The number of rotatable bonds is 1. The van der Waals surface area contributed by atoms with E-state index >= 15 is 0 Å². The predicted molar refractivity (Wildman–Crippen MR) is 44.1 cm³/mol. The van der Waals surface area contributed by atoms with Gasteiger partial charge < -0.3 is 24.8 Å². The fourth-order valence-electron chi connectivity index (χ4n) is 1.27. The van der Waals surface area contributed by atoms with E-state index in [9.17, 15) is 20.1 Å². The number of carbonyl (C=O) groups is 1. The lowest BCUT2D eigenvalue weighted by Gasteiger charge is -2.38. The molecule has 82 valence electrons. The van der Waals surface area contributed by atoms with Crippen molar-refractivity contribution >= 4 is 5.97 Å². The number of esters is 1. The highest BCUT2D eigenvalue weighted by atomic mass is 16.7. The Kier molecular flexibility index (Phi) is 3.43. The number of hydrogen-bond acceptors (Lipinski definition) is 6. The van der Waals surface area contributed by atoms with E-state index in [4.69, 9.17) is 4.74 Å². The predicted octanol–water partition coefficient (Wildman–Crippen LogP) is -1.62. The zero-order valence-electron chi connectivity index (χ0n) is 7.95. The first kappa shape index (κ1) is 11.4. The van der Waals surface area contributed by atoms with Gasteiger partial charge in [-0.05, 0) is 6.92 Å². The Morgan fingerprint density at radius 3 is 2.29 bits per heavy atom. The van der Waals surface area contributed by atoms with Crippen molar-refractivity contribution in [3.05, 3.63) is 0 Å². The average molecular weight is 206 g/mol. The van der Waals surface area contributed by atoms with E-state index in [1.807, 2.05) is 0 Å². The van der Waals surface area contributed by atoms with Gasteiger partial charge in [0.1, 0.15) is 18.3 Å². The van der Waals surface area contributed by atoms with E-state index < -0.39 is 36.7 Å². The van der Waals surface area contributed by atoms with Crippen molar-refractivity contribution in [2.45, 2.75) is 44.6 Å². The van der Waals surface area contributed by atoms with Crippen molar-refractivity contribution in [2.75, 3.05) is 0 Å². The average Bonchev–Trinajstić information content (AvgIpc) is 2.10. The molecule has 5 atom stereocenters. The van der Waals surface area contributed by atoms with Gasteiger partial charge >= 0.3 is 5.97 Å². The molecule has 1 aliphatic heterocycles. The molecule has 0 aliphatic carbocycles. The van der Waals surface area contributed by atoms with Crippen LogP contribution in [0.3, 0.4) is 0 Å². The third kappa shape index (κ3) is 2.21. The Hall–Kier alpha value is -0.690. The molecule has 6 heteroatoms. The maximum Gasteiger partial charge on any atom is 0.305 e. The maximum absolute atomic E-state index is 10.6. The van der Waals surface area contributed by atoms with Gasteiger partial charge in [-0.3, -0.25) is 4.79 Å². The second-order valence-corrected chi connectivity index (χ2v) is 3.29. The van der Waals surface area contributed by atoms with Crippen LogP contribution in [0.25, 0.3) is 0 Å². The van der Waals surface area contributed by atoms with Crippen molar-refractivity contribution in [2.24, 2.45) is 0 Å². The number of aliphatic hydroxyl groups is 3. The fourth-order valence-corrected chi connectivity index (χ4v) is 1.27. The van der Waals surface area contributed by atoms with Crippen LogP contribution in [0.4, 0.5) is 0 Å². The minimum atomic E-state index is -1.43. The van der Waals surface area contributed by atoms with Crippen LogP contribution in [0.15, 0.2) is 0 Å². The summed E-state index contributed by atoms with van der Waals surface area (Å²) < 4.78 is 9.60. The molecule has 0 aromatic carbocycles. The van der Waals surface area contributed by atoms with E-state index in [0.717, 1.165) is 6.92 Å². The van der Waals surface area contributed by atoms with E-state index in [0.29, 0.717) is 0 Å². The lowest BCUT2D eigenvalue weighted by Crippen LogP contribution is -2.57. The Morgan fingerprint density at radius 2 is 1.79 bits per heavy atom. The molecular weight excluding hydrogens is 192 g/mol. The number of aliphatic hydroxyl groups excluding tert-OH is 3. The van der Waals surface area contributed by atoms with Gasteiger partial charge in [-0.1, -0.05) is 0 Å². The lowest BCUT2D eigenvalue weighted by molar-refractivity contribution is -0.284. The van der Waals surface area contributed by atoms with E-state index in [2.05, 4.69) is 4.74 Å². The van der Waals surface area contributed by atoms with Gasteiger partial charge in [0.25, 0.3) is 0 Å². The summed E-state index contributed by atoms with van der Waals surface area (Å²) in [6, 6.07) is 0.